The van der Waals surface area contributed by atoms with Crippen LogP contribution in [-0.2, 0) is 9.59 Å². The van der Waals surface area contributed by atoms with E-state index in [2.05, 4.69) is 0 Å². The Bertz CT molecular complexity index is 531. The van der Waals surface area contributed by atoms with Crippen molar-refractivity contribution in [1.29, 1.82) is 0 Å². The first-order valence-electron chi connectivity index (χ1n) is 7.64. The summed E-state index contributed by atoms with van der Waals surface area (Å²) in [6, 6.07) is 7.68. The summed E-state index contributed by atoms with van der Waals surface area (Å²) in [6.45, 7) is 3.06. The van der Waals surface area contributed by atoms with E-state index in [-0.39, 0.29) is 17.9 Å². The number of carbonyl (C=O) groups excluding carboxylic acids is 1. The molecule has 2 rings (SSSR count). The Labute approximate surface area is 131 Å². The Morgan fingerprint density at radius 2 is 1.73 bits per heavy atom. The zero-order valence-electron chi connectivity index (χ0n) is 13.5. The van der Waals surface area contributed by atoms with E-state index in [1.54, 1.807) is 4.90 Å². The van der Waals surface area contributed by atoms with Crippen molar-refractivity contribution in [2.24, 2.45) is 5.92 Å². The maximum absolute atomic E-state index is 12.8. The molecule has 1 aliphatic heterocycles. The van der Waals surface area contributed by atoms with E-state index in [0.717, 1.165) is 11.1 Å². The first-order valence-corrected chi connectivity index (χ1v) is 7.64. The van der Waals surface area contributed by atoms with Crippen LogP contribution in [0.4, 0.5) is 0 Å². The quantitative estimate of drug-likeness (QED) is 0.923. The molecule has 0 saturated carbocycles. The van der Waals surface area contributed by atoms with Gasteiger partial charge < -0.3 is 10.0 Å². The zero-order valence-corrected chi connectivity index (χ0v) is 13.5. The van der Waals surface area contributed by atoms with Crippen LogP contribution in [0, 0.1) is 12.8 Å². The van der Waals surface area contributed by atoms with Gasteiger partial charge >= 0.3 is 5.97 Å². The van der Waals surface area contributed by atoms with Crippen LogP contribution in [0.5, 0.6) is 0 Å². The van der Waals surface area contributed by atoms with Crippen molar-refractivity contribution in [2.75, 3.05) is 27.2 Å². The molecule has 1 heterocycles. The Morgan fingerprint density at radius 1 is 1.18 bits per heavy atom. The molecule has 1 atom stereocenters. The van der Waals surface area contributed by atoms with Gasteiger partial charge in [0.1, 0.15) is 6.04 Å². The minimum atomic E-state index is -0.755. The number of amides is 1. The van der Waals surface area contributed by atoms with Gasteiger partial charge in [-0.3, -0.25) is 14.5 Å². The van der Waals surface area contributed by atoms with Crippen molar-refractivity contribution < 1.29 is 14.7 Å². The van der Waals surface area contributed by atoms with E-state index in [1.807, 2.05) is 50.2 Å². The van der Waals surface area contributed by atoms with Crippen LogP contribution in [0.25, 0.3) is 0 Å². The highest BCUT2D eigenvalue weighted by molar-refractivity contribution is 5.83. The smallest absolute Gasteiger partial charge is 0.306 e. The van der Waals surface area contributed by atoms with Crippen molar-refractivity contribution in [3.05, 3.63) is 35.4 Å². The average Bonchev–Trinajstić information content (AvgIpc) is 2.49. The summed E-state index contributed by atoms with van der Waals surface area (Å²) in [6.07, 6.45) is 1.07. The third-order valence-corrected chi connectivity index (χ3v) is 4.30. The Hall–Kier alpha value is -1.88. The minimum Gasteiger partial charge on any atom is -0.481 e. The fourth-order valence-corrected chi connectivity index (χ4v) is 2.93. The predicted molar refractivity (Wildman–Crippen MR) is 84.5 cm³/mol. The number of benzene rings is 1. The monoisotopic (exact) mass is 304 g/mol. The van der Waals surface area contributed by atoms with Gasteiger partial charge in [0.25, 0.3) is 0 Å². The van der Waals surface area contributed by atoms with E-state index in [9.17, 15) is 9.59 Å². The molecule has 1 N–H and O–H groups in total. The van der Waals surface area contributed by atoms with Crippen LogP contribution in [0.1, 0.15) is 30.0 Å². The highest BCUT2D eigenvalue weighted by Gasteiger charge is 2.32. The summed E-state index contributed by atoms with van der Waals surface area (Å²) in [5.74, 6) is -1.02. The third-order valence-electron chi connectivity index (χ3n) is 4.30. The molecule has 1 fully saturated rings. The van der Waals surface area contributed by atoms with E-state index in [1.165, 1.54) is 0 Å². The second-order valence-corrected chi connectivity index (χ2v) is 6.21. The van der Waals surface area contributed by atoms with Crippen molar-refractivity contribution in [2.45, 2.75) is 25.8 Å². The summed E-state index contributed by atoms with van der Waals surface area (Å²) < 4.78 is 0. The maximum atomic E-state index is 12.8. The number of likely N-dealkylation sites (N-methyl/N-ethyl adjacent to an activating group) is 1. The fourth-order valence-electron chi connectivity index (χ4n) is 2.93. The molecule has 5 heteroatoms. The Balaban J connectivity index is 2.11. The van der Waals surface area contributed by atoms with Gasteiger partial charge in [-0.05, 0) is 39.4 Å². The third kappa shape index (κ3) is 3.65. The molecule has 0 bridgehead atoms. The van der Waals surface area contributed by atoms with Gasteiger partial charge in [-0.15, -0.1) is 0 Å². The number of carboxylic acid groups (broad SMARTS) is 1. The lowest BCUT2D eigenvalue weighted by molar-refractivity contribution is -0.147. The van der Waals surface area contributed by atoms with Crippen molar-refractivity contribution in [3.8, 4) is 0 Å². The van der Waals surface area contributed by atoms with E-state index >= 15 is 0 Å². The fraction of sp³-hybridized carbons (Fsp3) is 0.529. The van der Waals surface area contributed by atoms with Crippen LogP contribution in [0.3, 0.4) is 0 Å². The number of piperidine rings is 1. The van der Waals surface area contributed by atoms with Crippen molar-refractivity contribution >= 4 is 11.9 Å². The normalized spacial score (nSPS) is 17.5. The van der Waals surface area contributed by atoms with Crippen LogP contribution < -0.4 is 0 Å². The Kier molecular flexibility index (Phi) is 5.19. The molecule has 120 valence electrons. The predicted octanol–water partition coefficient (Wildman–Crippen LogP) is 1.92. The molecule has 0 aliphatic carbocycles. The van der Waals surface area contributed by atoms with Gasteiger partial charge in [-0.25, -0.2) is 0 Å². The molecule has 22 heavy (non-hydrogen) atoms. The molecule has 1 aromatic carbocycles. The topological polar surface area (TPSA) is 60.9 Å². The van der Waals surface area contributed by atoms with Gasteiger partial charge in [0.15, 0.2) is 0 Å². The molecule has 1 saturated heterocycles. The standard InChI is InChI=1S/C17H24N2O3/c1-12-4-6-13(7-5-12)15(18(2)3)16(20)19-10-8-14(9-11-19)17(21)22/h4-7,14-15H,8-11H2,1-3H3,(H,21,22). The lowest BCUT2D eigenvalue weighted by atomic mass is 9.95. The molecule has 0 spiro atoms. The highest BCUT2D eigenvalue weighted by atomic mass is 16.4. The number of aliphatic carboxylic acids is 1. The van der Waals surface area contributed by atoms with Gasteiger partial charge in [-0.2, -0.15) is 0 Å². The van der Waals surface area contributed by atoms with Crippen molar-refractivity contribution in [1.82, 2.24) is 9.80 Å². The highest BCUT2D eigenvalue weighted by Crippen LogP contribution is 2.25. The second-order valence-electron chi connectivity index (χ2n) is 6.21. The number of carbonyl (C=O) groups is 2. The number of hydrogen-bond acceptors (Lipinski definition) is 3. The zero-order chi connectivity index (χ0) is 16.3. The molecule has 0 aromatic heterocycles. The molecular weight excluding hydrogens is 280 g/mol. The van der Waals surface area contributed by atoms with Gasteiger partial charge in [0.2, 0.25) is 5.91 Å². The molecule has 1 aliphatic rings. The number of nitrogens with zero attached hydrogens (tertiary/aromatic N) is 2. The summed E-state index contributed by atoms with van der Waals surface area (Å²) in [7, 11) is 3.79. The van der Waals surface area contributed by atoms with E-state index in [0.29, 0.717) is 25.9 Å². The summed E-state index contributed by atoms with van der Waals surface area (Å²) in [5.41, 5.74) is 2.14. The maximum Gasteiger partial charge on any atom is 0.306 e. The number of hydrogen-bond donors (Lipinski definition) is 1. The van der Waals surface area contributed by atoms with E-state index < -0.39 is 5.97 Å². The van der Waals surface area contributed by atoms with Crippen LogP contribution in [0.2, 0.25) is 0 Å². The lowest BCUT2D eigenvalue weighted by Crippen LogP contribution is -2.45. The minimum absolute atomic E-state index is 0.0534. The summed E-state index contributed by atoms with van der Waals surface area (Å²) >= 11 is 0. The lowest BCUT2D eigenvalue weighted by Gasteiger charge is -2.35. The van der Waals surface area contributed by atoms with Gasteiger partial charge in [-0.1, -0.05) is 29.8 Å². The molecule has 0 radical (unpaired) electrons. The largest absolute Gasteiger partial charge is 0.481 e. The van der Waals surface area contributed by atoms with Gasteiger partial charge in [0, 0.05) is 13.1 Å². The van der Waals surface area contributed by atoms with Crippen molar-refractivity contribution in [3.63, 3.8) is 0 Å². The second kappa shape index (κ2) is 6.92. The molecular formula is C17H24N2O3. The summed E-state index contributed by atoms with van der Waals surface area (Å²) in [5, 5.41) is 9.05. The molecule has 5 nitrogen and oxygen atoms in total. The molecule has 1 aromatic rings. The van der Waals surface area contributed by atoms with Gasteiger partial charge in [0.05, 0.1) is 5.92 Å². The average molecular weight is 304 g/mol. The Morgan fingerprint density at radius 3 is 2.18 bits per heavy atom. The van der Waals surface area contributed by atoms with Crippen LogP contribution in [-0.4, -0.2) is 54.0 Å². The number of carboxylic acids is 1. The number of aryl methyl sites for hydroxylation is 1. The number of likely N-dealkylation sites (tertiary alicyclic amines) is 1. The molecule has 1 amide bonds. The van der Waals surface area contributed by atoms with Crippen LogP contribution in [0.15, 0.2) is 24.3 Å². The first-order chi connectivity index (χ1) is 10.4. The summed E-state index contributed by atoms with van der Waals surface area (Å²) in [4.78, 5) is 27.6. The SMILES string of the molecule is Cc1ccc(C(C(=O)N2CCC(C(=O)O)CC2)N(C)C)cc1. The number of rotatable bonds is 4. The van der Waals surface area contributed by atoms with E-state index in [4.69, 9.17) is 5.11 Å². The first kappa shape index (κ1) is 16.5. The molecule has 1 unspecified atom stereocenters. The van der Waals surface area contributed by atoms with Crippen LogP contribution >= 0.6 is 0 Å².